The van der Waals surface area contributed by atoms with E-state index in [1.54, 1.807) is 18.2 Å². The maximum atomic E-state index is 14.4. The van der Waals surface area contributed by atoms with Crippen molar-refractivity contribution in [2.75, 3.05) is 0 Å². The number of rotatable bonds is 2. The smallest absolute Gasteiger partial charge is 0.491 e. The first-order valence-corrected chi connectivity index (χ1v) is 17.8. The monoisotopic (exact) mass is 967 g/mol. The Bertz CT molecular complexity index is 2560. The Labute approximate surface area is 330 Å². The van der Waals surface area contributed by atoms with Gasteiger partial charge in [0.25, 0.3) is 0 Å². The summed E-state index contributed by atoms with van der Waals surface area (Å²) in [5, 5.41) is 41.4. The van der Waals surface area contributed by atoms with Gasteiger partial charge >= 0.3 is 7.12 Å². The van der Waals surface area contributed by atoms with Crippen molar-refractivity contribution < 1.29 is 37.9 Å². The lowest BCUT2D eigenvalue weighted by Gasteiger charge is -2.09. The van der Waals surface area contributed by atoms with Crippen LogP contribution in [-0.4, -0.2) is 27.4 Å². The molecule has 260 valence electrons. The Morgan fingerprint density at radius 2 is 1.14 bits per heavy atom. The van der Waals surface area contributed by atoms with E-state index in [1.807, 2.05) is 48.5 Å². The summed E-state index contributed by atoms with van der Waals surface area (Å²) in [5.74, 6) is -0.974. The van der Waals surface area contributed by atoms with Crippen molar-refractivity contribution in [2.24, 2.45) is 0 Å². The third kappa shape index (κ3) is 7.87. The highest BCUT2D eigenvalue weighted by Crippen LogP contribution is 2.46. The number of aromatic hydroxyl groups is 2. The maximum Gasteiger partial charge on any atom is 0.491 e. The Hall–Kier alpha value is -3.37. The Morgan fingerprint density at radius 3 is 1.69 bits per heavy atom. The average Bonchev–Trinajstić information content (AvgIpc) is 3.65. The van der Waals surface area contributed by atoms with Gasteiger partial charge in [0.2, 0.25) is 0 Å². The molecule has 0 saturated carbocycles. The first-order valence-electron chi connectivity index (χ1n) is 14.4. The Balaban J connectivity index is 0.000000157. The molecule has 0 atom stereocenters. The van der Waals surface area contributed by atoms with E-state index in [4.69, 9.17) is 42.1 Å². The van der Waals surface area contributed by atoms with Crippen LogP contribution in [0.15, 0.2) is 115 Å². The van der Waals surface area contributed by atoms with E-state index in [0.717, 1.165) is 41.4 Å². The van der Waals surface area contributed by atoms with Gasteiger partial charge in [-0.25, -0.2) is 8.78 Å². The molecule has 6 nitrogen and oxygen atoms in total. The van der Waals surface area contributed by atoms with Crippen molar-refractivity contribution in [3.63, 3.8) is 0 Å². The van der Waals surface area contributed by atoms with Crippen LogP contribution in [-0.2, 0) is 0 Å². The van der Waals surface area contributed by atoms with Gasteiger partial charge < -0.3 is 36.5 Å². The van der Waals surface area contributed by atoms with E-state index >= 15 is 0 Å². The largest absolute Gasteiger partial charge is 0.507 e. The molecule has 0 radical (unpaired) electrons. The number of hydrogen-bond acceptors (Lipinski definition) is 6. The van der Waals surface area contributed by atoms with Gasteiger partial charge in [0.15, 0.2) is 5.58 Å². The number of phenolic OH excluding ortho intramolecular Hbond substituents is 2. The SMILES string of the molecule is OB(O)c1ccc(Cl)cc1F.Oc1cc(Br)c2oc3ccccc3c2c1-c1ccc(Cl)cc1F.Oc1cc(Br)c2oc3ccccc3c2c1I.[CH3-]. The number of halogens is 7. The molecule has 8 rings (SSSR count). The molecule has 0 aliphatic rings. The highest BCUT2D eigenvalue weighted by Gasteiger charge is 2.21. The van der Waals surface area contributed by atoms with Crippen LogP contribution in [0.1, 0.15) is 0 Å². The zero-order chi connectivity index (χ0) is 35.9. The molecule has 0 amide bonds. The molecule has 0 aliphatic carbocycles. The van der Waals surface area contributed by atoms with Crippen LogP contribution in [0.25, 0.3) is 55.0 Å². The van der Waals surface area contributed by atoms with Crippen LogP contribution in [0.3, 0.4) is 0 Å². The van der Waals surface area contributed by atoms with Gasteiger partial charge in [-0.15, -0.1) is 0 Å². The van der Waals surface area contributed by atoms with Crippen molar-refractivity contribution in [2.45, 2.75) is 0 Å². The van der Waals surface area contributed by atoms with Crippen molar-refractivity contribution in [1.82, 2.24) is 0 Å². The van der Waals surface area contributed by atoms with Gasteiger partial charge in [0.05, 0.1) is 12.5 Å². The second kappa shape index (κ2) is 16.1. The molecule has 0 bridgehead atoms. The average molecular weight is 970 g/mol. The molecule has 0 unspecified atom stereocenters. The van der Waals surface area contributed by atoms with Crippen LogP contribution in [0.2, 0.25) is 10.0 Å². The first kappa shape index (κ1) is 38.9. The molecule has 0 saturated heterocycles. The summed E-state index contributed by atoms with van der Waals surface area (Å²) in [4.78, 5) is 0. The summed E-state index contributed by atoms with van der Waals surface area (Å²) >= 11 is 20.2. The van der Waals surface area contributed by atoms with Crippen molar-refractivity contribution in [1.29, 1.82) is 0 Å². The highest BCUT2D eigenvalue weighted by atomic mass is 127. The first-order chi connectivity index (χ1) is 23.8. The van der Waals surface area contributed by atoms with Crippen LogP contribution in [0, 0.1) is 22.6 Å². The fourth-order valence-corrected chi connectivity index (χ4v) is 7.33. The van der Waals surface area contributed by atoms with Crippen molar-refractivity contribution >= 4 is 134 Å². The lowest BCUT2D eigenvalue weighted by molar-refractivity contribution is 0.423. The fourth-order valence-electron chi connectivity index (χ4n) is 5.33. The van der Waals surface area contributed by atoms with Crippen LogP contribution < -0.4 is 5.46 Å². The van der Waals surface area contributed by atoms with E-state index in [9.17, 15) is 19.0 Å². The lowest BCUT2D eigenvalue weighted by atomic mass is 9.80. The van der Waals surface area contributed by atoms with Gasteiger partial charge in [-0.3, -0.25) is 0 Å². The minimum absolute atomic E-state index is 0. The van der Waals surface area contributed by atoms with E-state index in [1.165, 1.54) is 24.3 Å². The minimum Gasteiger partial charge on any atom is -0.507 e. The second-order valence-electron chi connectivity index (χ2n) is 10.7. The second-order valence-corrected chi connectivity index (χ2v) is 14.4. The molecule has 0 spiro atoms. The Morgan fingerprint density at radius 1 is 0.647 bits per heavy atom. The third-order valence-corrected chi connectivity index (χ3v) is 10.3. The number of hydrogen-bond donors (Lipinski definition) is 4. The van der Waals surface area contributed by atoms with E-state index in [2.05, 4.69) is 54.5 Å². The molecular formula is C37H23BBr2Cl2F2IO6-. The molecule has 2 aromatic heterocycles. The highest BCUT2D eigenvalue weighted by molar-refractivity contribution is 14.1. The quantitative estimate of drug-likeness (QED) is 0.0781. The topological polar surface area (TPSA) is 107 Å². The summed E-state index contributed by atoms with van der Waals surface area (Å²) in [6, 6.07) is 26.5. The molecule has 0 aliphatic heterocycles. The van der Waals surface area contributed by atoms with Gasteiger partial charge in [-0.2, -0.15) is 0 Å². The summed E-state index contributed by atoms with van der Waals surface area (Å²) < 4.78 is 40.9. The number of fused-ring (bicyclic) bond motifs is 6. The summed E-state index contributed by atoms with van der Waals surface area (Å²) in [7, 11) is -1.78. The third-order valence-electron chi connectivity index (χ3n) is 7.54. The molecule has 2 heterocycles. The predicted molar refractivity (Wildman–Crippen MR) is 217 cm³/mol. The van der Waals surface area contributed by atoms with Crippen LogP contribution in [0.4, 0.5) is 8.78 Å². The summed E-state index contributed by atoms with van der Waals surface area (Å²) in [6.45, 7) is 0. The van der Waals surface area contributed by atoms with Crippen molar-refractivity contribution in [3.8, 4) is 22.6 Å². The molecule has 0 fully saturated rings. The number of furan rings is 2. The summed E-state index contributed by atoms with van der Waals surface area (Å²) in [5.41, 5.74) is 3.34. The zero-order valence-electron chi connectivity index (χ0n) is 26.1. The molecule has 8 aromatic rings. The molecule has 14 heteroatoms. The standard InChI is InChI=1S/C18H9BrClFO2.C12H6BrIO2.C6H5BClFO2.CH3/c19-12-8-14(22)16(10-6-5-9(20)7-13(10)21)17-11-3-1-2-4-15(11)23-18(12)17;13-7-5-8(15)11(14)10-6-3-1-2-4-9(6)16-12(7)10;8-4-1-2-5(7(10)11)6(9)3-4;/h1-8,22H;1-5,15H;1-3,10-11H;1H3/q;;;-1. The van der Waals surface area contributed by atoms with Gasteiger partial charge in [-0.1, -0.05) is 65.7 Å². The number of benzene rings is 6. The van der Waals surface area contributed by atoms with E-state index < -0.39 is 18.8 Å². The number of para-hydroxylation sites is 2. The maximum absolute atomic E-state index is 14.4. The number of phenols is 2. The van der Waals surface area contributed by atoms with Gasteiger partial charge in [0, 0.05) is 48.2 Å². The van der Waals surface area contributed by atoms with Crippen LogP contribution >= 0.6 is 77.7 Å². The van der Waals surface area contributed by atoms with Crippen molar-refractivity contribution in [3.05, 3.63) is 139 Å². The lowest BCUT2D eigenvalue weighted by Crippen LogP contribution is -2.32. The fraction of sp³-hybridized carbons (Fsp3) is 0. The van der Waals surface area contributed by atoms with E-state index in [-0.39, 0.29) is 35.0 Å². The minimum atomic E-state index is -1.78. The zero-order valence-corrected chi connectivity index (χ0v) is 32.9. The molecular weight excluding hydrogens is 947 g/mol. The molecule has 4 N–H and O–H groups in total. The van der Waals surface area contributed by atoms with Gasteiger partial charge in [0.1, 0.15) is 39.9 Å². The Kier molecular flexibility index (Phi) is 12.3. The normalized spacial score (nSPS) is 10.8. The molecule has 6 aromatic carbocycles. The van der Waals surface area contributed by atoms with Crippen LogP contribution in [0.5, 0.6) is 11.5 Å². The summed E-state index contributed by atoms with van der Waals surface area (Å²) in [6.07, 6.45) is 0. The predicted octanol–water partition coefficient (Wildman–Crippen LogP) is 11.8. The molecule has 51 heavy (non-hydrogen) atoms. The van der Waals surface area contributed by atoms with Gasteiger partial charge in [-0.05, 0) is 109 Å². The van der Waals surface area contributed by atoms with E-state index in [0.29, 0.717) is 31.6 Å².